The third-order valence-electron chi connectivity index (χ3n) is 2.87. The number of hydrogen-bond acceptors (Lipinski definition) is 4. The average Bonchev–Trinajstić information content (AvgIpc) is 2.72. The quantitative estimate of drug-likeness (QED) is 0.811. The molecule has 0 aliphatic carbocycles. The van der Waals surface area contributed by atoms with Gasteiger partial charge in [0.2, 0.25) is 0 Å². The standard InChI is InChI=1S/C11H13IN2O2S2/c1-7-5-10(18(2,15)16)9(6-13)8-3-4-14(17-12)11(7)8/h3-5H,6,13H2,1-2H3. The molecule has 0 saturated heterocycles. The molecule has 18 heavy (non-hydrogen) atoms. The fourth-order valence-electron chi connectivity index (χ4n) is 2.13. The van der Waals surface area contributed by atoms with Gasteiger partial charge >= 0.3 is 0 Å². The summed E-state index contributed by atoms with van der Waals surface area (Å²) in [6.45, 7) is 2.13. The molecule has 0 bridgehead atoms. The fourth-order valence-corrected chi connectivity index (χ4v) is 4.56. The van der Waals surface area contributed by atoms with Gasteiger partial charge in [0.15, 0.2) is 9.84 Å². The van der Waals surface area contributed by atoms with E-state index in [9.17, 15) is 8.42 Å². The van der Waals surface area contributed by atoms with Crippen LogP contribution in [0.5, 0.6) is 0 Å². The van der Waals surface area contributed by atoms with Crippen molar-refractivity contribution in [2.75, 3.05) is 6.26 Å². The zero-order valence-corrected chi connectivity index (χ0v) is 13.8. The van der Waals surface area contributed by atoms with Crippen molar-refractivity contribution < 1.29 is 8.42 Å². The summed E-state index contributed by atoms with van der Waals surface area (Å²) in [5, 5.41) is 0.919. The number of benzene rings is 1. The number of halogens is 1. The summed E-state index contributed by atoms with van der Waals surface area (Å²) in [7, 11) is -1.71. The van der Waals surface area contributed by atoms with Crippen LogP contribution in [0, 0.1) is 6.92 Å². The largest absolute Gasteiger partial charge is 0.326 e. The molecule has 1 aromatic heterocycles. The molecule has 2 N–H and O–H groups in total. The molecule has 0 fully saturated rings. The van der Waals surface area contributed by atoms with Crippen molar-refractivity contribution in [3.8, 4) is 0 Å². The van der Waals surface area contributed by atoms with Crippen LogP contribution in [0.2, 0.25) is 0 Å². The third kappa shape index (κ3) is 2.28. The van der Waals surface area contributed by atoms with Crippen LogP contribution < -0.4 is 5.73 Å². The van der Waals surface area contributed by atoms with Crippen LogP contribution in [0.15, 0.2) is 23.2 Å². The zero-order chi connectivity index (χ0) is 13.5. The van der Waals surface area contributed by atoms with Crippen molar-refractivity contribution in [1.29, 1.82) is 0 Å². The number of sulfone groups is 1. The van der Waals surface area contributed by atoms with Gasteiger partial charge in [0, 0.05) is 54.7 Å². The van der Waals surface area contributed by atoms with Gasteiger partial charge in [0.1, 0.15) is 0 Å². The van der Waals surface area contributed by atoms with Gasteiger partial charge in [-0.3, -0.25) is 3.97 Å². The first-order chi connectivity index (χ1) is 8.40. The van der Waals surface area contributed by atoms with E-state index in [1.165, 1.54) is 6.26 Å². The molecule has 0 aliphatic heterocycles. The van der Waals surface area contributed by atoms with Crippen LogP contribution in [0.1, 0.15) is 11.1 Å². The molecule has 2 rings (SSSR count). The highest BCUT2D eigenvalue weighted by Crippen LogP contribution is 2.33. The zero-order valence-electron chi connectivity index (χ0n) is 9.97. The Morgan fingerprint density at radius 1 is 1.50 bits per heavy atom. The Morgan fingerprint density at radius 3 is 2.67 bits per heavy atom. The van der Waals surface area contributed by atoms with Crippen molar-refractivity contribution >= 4 is 51.1 Å². The molecule has 4 nitrogen and oxygen atoms in total. The Balaban J connectivity index is 2.94. The molecule has 98 valence electrons. The second-order valence-electron chi connectivity index (χ2n) is 4.12. The molecule has 7 heteroatoms. The highest BCUT2D eigenvalue weighted by atomic mass is 127. The average molecular weight is 396 g/mol. The highest BCUT2D eigenvalue weighted by molar-refractivity contribution is 14.2. The molecule has 0 spiro atoms. The minimum Gasteiger partial charge on any atom is -0.326 e. The maximum Gasteiger partial charge on any atom is 0.175 e. The van der Waals surface area contributed by atoms with Crippen LogP contribution in [0.4, 0.5) is 0 Å². The summed E-state index contributed by atoms with van der Waals surface area (Å²) >= 11 is 2.19. The van der Waals surface area contributed by atoms with Crippen LogP contribution in [0.3, 0.4) is 0 Å². The molecule has 0 saturated carbocycles. The number of rotatable bonds is 3. The van der Waals surface area contributed by atoms with Gasteiger partial charge in [-0.15, -0.1) is 0 Å². The fraction of sp³-hybridized carbons (Fsp3) is 0.273. The number of fused-ring (bicyclic) bond motifs is 1. The minimum absolute atomic E-state index is 0.217. The molecule has 1 aromatic carbocycles. The number of nitrogens with zero attached hydrogens (tertiary/aromatic N) is 1. The number of nitrogens with two attached hydrogens (primary N) is 1. The monoisotopic (exact) mass is 396 g/mol. The molecule has 2 aromatic rings. The van der Waals surface area contributed by atoms with Gasteiger partial charge in [-0.05, 0) is 30.2 Å². The molecule has 0 amide bonds. The van der Waals surface area contributed by atoms with Crippen molar-refractivity contribution in [3.63, 3.8) is 0 Å². The van der Waals surface area contributed by atoms with E-state index in [2.05, 4.69) is 21.2 Å². The van der Waals surface area contributed by atoms with Crippen LogP contribution in [-0.4, -0.2) is 18.6 Å². The topological polar surface area (TPSA) is 65.1 Å². The second-order valence-corrected chi connectivity index (χ2v) is 7.82. The smallest absolute Gasteiger partial charge is 0.175 e. The van der Waals surface area contributed by atoms with E-state index in [0.29, 0.717) is 10.5 Å². The SMILES string of the molecule is Cc1cc(S(C)(=O)=O)c(CN)c2ccn(SI)c12. The van der Waals surface area contributed by atoms with Crippen LogP contribution >= 0.6 is 30.3 Å². The summed E-state index contributed by atoms with van der Waals surface area (Å²) in [4.78, 5) is 0.339. The first kappa shape index (κ1) is 14.2. The van der Waals surface area contributed by atoms with E-state index in [1.807, 2.05) is 23.2 Å². The Morgan fingerprint density at radius 2 is 2.17 bits per heavy atom. The number of aryl methyl sites for hydroxylation is 1. The van der Waals surface area contributed by atoms with E-state index in [4.69, 9.17) is 5.73 Å². The lowest BCUT2D eigenvalue weighted by molar-refractivity contribution is 0.601. The Labute approximate surface area is 123 Å². The van der Waals surface area contributed by atoms with Gasteiger partial charge in [0.05, 0.1) is 10.4 Å². The molecule has 0 aliphatic rings. The van der Waals surface area contributed by atoms with Gasteiger partial charge in [0.25, 0.3) is 0 Å². The first-order valence-electron chi connectivity index (χ1n) is 5.23. The lowest BCUT2D eigenvalue weighted by atomic mass is 10.1. The lowest BCUT2D eigenvalue weighted by Crippen LogP contribution is -2.08. The molecular weight excluding hydrogens is 383 g/mol. The van der Waals surface area contributed by atoms with E-state index in [-0.39, 0.29) is 6.54 Å². The van der Waals surface area contributed by atoms with Gasteiger partial charge < -0.3 is 5.73 Å². The van der Waals surface area contributed by atoms with E-state index < -0.39 is 9.84 Å². The maximum atomic E-state index is 11.8. The normalized spacial score (nSPS) is 12.2. The van der Waals surface area contributed by atoms with E-state index >= 15 is 0 Å². The minimum atomic E-state index is -3.25. The third-order valence-corrected chi connectivity index (χ3v) is 5.76. The molecule has 0 atom stereocenters. The Kier molecular flexibility index (Phi) is 3.96. The van der Waals surface area contributed by atoms with Crippen LogP contribution in [-0.2, 0) is 16.4 Å². The number of hydrogen-bond donors (Lipinski definition) is 1. The number of aromatic nitrogens is 1. The first-order valence-corrected chi connectivity index (χ1v) is 10.4. The Bertz CT molecular complexity index is 707. The van der Waals surface area contributed by atoms with Gasteiger partial charge in [-0.2, -0.15) is 0 Å². The molecular formula is C11H13IN2O2S2. The summed E-state index contributed by atoms with van der Waals surface area (Å²) < 4.78 is 25.6. The summed E-state index contributed by atoms with van der Waals surface area (Å²) in [6, 6.07) is 3.63. The van der Waals surface area contributed by atoms with E-state index in [0.717, 1.165) is 16.5 Å². The van der Waals surface area contributed by atoms with Crippen molar-refractivity contribution in [3.05, 3.63) is 29.5 Å². The van der Waals surface area contributed by atoms with E-state index in [1.54, 1.807) is 15.2 Å². The van der Waals surface area contributed by atoms with Gasteiger partial charge in [-0.25, -0.2) is 8.42 Å². The summed E-state index contributed by atoms with van der Waals surface area (Å²) in [5.74, 6) is 0. The predicted molar refractivity (Wildman–Crippen MR) is 84.7 cm³/mol. The van der Waals surface area contributed by atoms with Crippen molar-refractivity contribution in [2.45, 2.75) is 18.4 Å². The molecule has 0 radical (unpaired) electrons. The van der Waals surface area contributed by atoms with Crippen LogP contribution in [0.25, 0.3) is 10.9 Å². The summed E-state index contributed by atoms with van der Waals surface area (Å²) in [6.07, 6.45) is 3.15. The highest BCUT2D eigenvalue weighted by Gasteiger charge is 2.18. The Hall–Kier alpha value is -0.250. The lowest BCUT2D eigenvalue weighted by Gasteiger charge is -2.11. The summed E-state index contributed by atoms with van der Waals surface area (Å²) in [5.41, 5.74) is 8.40. The molecule has 1 heterocycles. The predicted octanol–water partition coefficient (Wildman–Crippen LogP) is 2.66. The van der Waals surface area contributed by atoms with Gasteiger partial charge in [-0.1, -0.05) is 0 Å². The van der Waals surface area contributed by atoms with Crippen molar-refractivity contribution in [1.82, 2.24) is 3.97 Å². The second kappa shape index (κ2) is 5.03. The maximum absolute atomic E-state index is 11.8. The van der Waals surface area contributed by atoms with Crippen molar-refractivity contribution in [2.24, 2.45) is 5.73 Å². The molecule has 0 unspecified atom stereocenters.